The summed E-state index contributed by atoms with van der Waals surface area (Å²) in [6.45, 7) is 16.8. The molecule has 2 aromatic carbocycles. The molecule has 1 fully saturated rings. The highest BCUT2D eigenvalue weighted by Crippen LogP contribution is 2.29. The molecule has 39 heavy (non-hydrogen) atoms. The van der Waals surface area contributed by atoms with Crippen LogP contribution in [0.4, 0.5) is 5.69 Å². The van der Waals surface area contributed by atoms with E-state index in [1.165, 1.54) is 11.3 Å². The average Bonchev–Trinajstić information content (AvgIpc) is 2.94. The van der Waals surface area contributed by atoms with E-state index in [1.54, 1.807) is 6.20 Å². The molecule has 1 aliphatic rings. The molecular formula is C32H42N4O3. The molecule has 2 heterocycles. The summed E-state index contributed by atoms with van der Waals surface area (Å²) in [7, 11) is 0. The van der Waals surface area contributed by atoms with E-state index in [0.29, 0.717) is 6.61 Å². The van der Waals surface area contributed by atoms with E-state index in [4.69, 9.17) is 9.47 Å². The van der Waals surface area contributed by atoms with Crippen molar-refractivity contribution in [2.45, 2.75) is 47.3 Å². The van der Waals surface area contributed by atoms with Crippen molar-refractivity contribution in [3.05, 3.63) is 72.1 Å². The number of pyridine rings is 1. The molecule has 0 N–H and O–H groups in total. The predicted octanol–water partition coefficient (Wildman–Crippen LogP) is 5.74. The third kappa shape index (κ3) is 7.51. The smallest absolute Gasteiger partial charge is 0.253 e. The van der Waals surface area contributed by atoms with Gasteiger partial charge in [0.15, 0.2) is 0 Å². The fraction of sp³-hybridized carbons (Fsp3) is 0.438. The van der Waals surface area contributed by atoms with Crippen LogP contribution in [-0.2, 0) is 6.54 Å². The second-order valence-corrected chi connectivity index (χ2v) is 10.2. The maximum absolute atomic E-state index is 12.6. The summed E-state index contributed by atoms with van der Waals surface area (Å²) in [6.07, 6.45) is 3.72. The van der Waals surface area contributed by atoms with Crippen LogP contribution < -0.4 is 14.4 Å². The van der Waals surface area contributed by atoms with Gasteiger partial charge in [-0.2, -0.15) is 0 Å². The average molecular weight is 531 g/mol. The quantitative estimate of drug-likeness (QED) is 0.315. The highest BCUT2D eigenvalue weighted by atomic mass is 16.5. The maximum Gasteiger partial charge on any atom is 0.253 e. The van der Waals surface area contributed by atoms with Crippen LogP contribution in [0.3, 0.4) is 0 Å². The van der Waals surface area contributed by atoms with Crippen molar-refractivity contribution in [2.75, 3.05) is 50.8 Å². The van der Waals surface area contributed by atoms with Gasteiger partial charge in [-0.15, -0.1) is 0 Å². The summed E-state index contributed by atoms with van der Waals surface area (Å²) < 4.78 is 11.8. The van der Waals surface area contributed by atoms with Gasteiger partial charge in [0.05, 0.1) is 18.9 Å². The molecule has 208 valence electrons. The summed E-state index contributed by atoms with van der Waals surface area (Å²) in [5.74, 6) is 1.74. The molecule has 7 nitrogen and oxygen atoms in total. The molecule has 0 unspecified atom stereocenters. The molecule has 0 spiro atoms. The van der Waals surface area contributed by atoms with Gasteiger partial charge in [0, 0.05) is 68.8 Å². The van der Waals surface area contributed by atoms with Crippen LogP contribution in [0.25, 0.3) is 11.1 Å². The molecule has 0 saturated carbocycles. The summed E-state index contributed by atoms with van der Waals surface area (Å²) in [6, 6.07) is 16.6. The van der Waals surface area contributed by atoms with Crippen molar-refractivity contribution in [2.24, 2.45) is 0 Å². The van der Waals surface area contributed by atoms with E-state index in [1.807, 2.05) is 50.1 Å². The van der Waals surface area contributed by atoms with Crippen LogP contribution in [0.1, 0.15) is 50.5 Å². The number of aromatic nitrogens is 1. The summed E-state index contributed by atoms with van der Waals surface area (Å²) in [5, 5.41) is 0. The van der Waals surface area contributed by atoms with Crippen LogP contribution in [-0.4, -0.2) is 72.7 Å². The number of rotatable bonds is 11. The number of carbonyl (C=O) groups is 1. The number of ether oxygens (including phenoxy) is 2. The number of benzene rings is 2. The third-order valence-corrected chi connectivity index (χ3v) is 7.00. The normalized spacial score (nSPS) is 13.9. The van der Waals surface area contributed by atoms with Crippen molar-refractivity contribution < 1.29 is 14.3 Å². The lowest BCUT2D eigenvalue weighted by Crippen LogP contribution is -2.46. The molecule has 0 radical (unpaired) electrons. The second-order valence-electron chi connectivity index (χ2n) is 10.2. The lowest BCUT2D eigenvalue weighted by molar-refractivity contribution is 0.0773. The van der Waals surface area contributed by atoms with Crippen LogP contribution in [0, 0.1) is 0 Å². The molecule has 1 saturated heterocycles. The zero-order valence-electron chi connectivity index (χ0n) is 24.0. The first-order valence-electron chi connectivity index (χ1n) is 14.2. The van der Waals surface area contributed by atoms with E-state index < -0.39 is 0 Å². The van der Waals surface area contributed by atoms with E-state index >= 15 is 0 Å². The number of nitrogens with zero attached hydrogens (tertiary/aromatic N) is 4. The minimum absolute atomic E-state index is 0.0956. The van der Waals surface area contributed by atoms with Crippen LogP contribution in [0.5, 0.6) is 11.5 Å². The molecule has 3 aromatic rings. The highest BCUT2D eigenvalue weighted by Gasteiger charge is 2.19. The third-order valence-electron chi connectivity index (χ3n) is 7.00. The minimum Gasteiger partial charge on any atom is -0.492 e. The number of carbonyl (C=O) groups excluding carboxylic acids is 1. The Bertz CT molecular complexity index is 1220. The van der Waals surface area contributed by atoms with E-state index in [9.17, 15) is 4.79 Å². The lowest BCUT2D eigenvalue weighted by Gasteiger charge is -2.36. The monoisotopic (exact) mass is 530 g/mol. The van der Waals surface area contributed by atoms with Crippen molar-refractivity contribution in [3.63, 3.8) is 0 Å². The van der Waals surface area contributed by atoms with Crippen LogP contribution in [0.2, 0.25) is 0 Å². The Morgan fingerprint density at radius 3 is 2.23 bits per heavy atom. The first-order valence-corrected chi connectivity index (χ1v) is 14.2. The van der Waals surface area contributed by atoms with Crippen molar-refractivity contribution in [1.29, 1.82) is 0 Å². The first-order chi connectivity index (χ1) is 18.9. The Labute approximate surface area is 233 Å². The largest absolute Gasteiger partial charge is 0.492 e. The molecule has 1 aliphatic heterocycles. The molecule has 0 bridgehead atoms. The Balaban J connectivity index is 1.43. The SMILES string of the molecule is CCOc1cncc(-c2cc(CN3CCN(c4ccc(C(=O)N(CC)CC)cc4)CC3)cc(OC(C)C)c2)c1. The fourth-order valence-corrected chi connectivity index (χ4v) is 5.01. The number of amides is 1. The molecule has 1 aromatic heterocycles. The highest BCUT2D eigenvalue weighted by molar-refractivity contribution is 5.94. The first kappa shape index (κ1) is 28.4. The summed E-state index contributed by atoms with van der Waals surface area (Å²) >= 11 is 0. The molecular weight excluding hydrogens is 488 g/mol. The number of hydrogen-bond acceptors (Lipinski definition) is 6. The Kier molecular flexibility index (Phi) is 9.82. The lowest BCUT2D eigenvalue weighted by atomic mass is 10.0. The van der Waals surface area contributed by atoms with Gasteiger partial charge in [0.25, 0.3) is 5.91 Å². The maximum atomic E-state index is 12.6. The van der Waals surface area contributed by atoms with Gasteiger partial charge in [-0.25, -0.2) is 0 Å². The van der Waals surface area contributed by atoms with Gasteiger partial charge >= 0.3 is 0 Å². The van der Waals surface area contributed by atoms with Crippen molar-refractivity contribution in [3.8, 4) is 22.6 Å². The predicted molar refractivity (Wildman–Crippen MR) is 158 cm³/mol. The van der Waals surface area contributed by atoms with Crippen LogP contribution >= 0.6 is 0 Å². The zero-order valence-corrected chi connectivity index (χ0v) is 24.0. The van der Waals surface area contributed by atoms with Gasteiger partial charge < -0.3 is 19.3 Å². The number of hydrogen-bond donors (Lipinski definition) is 0. The minimum atomic E-state index is 0.0956. The standard InChI is InChI=1S/C32H42N4O3/c1-6-35(7-2)32(37)26-9-11-29(12-10-26)36-15-13-34(14-16-36)23-25-17-27(19-30(18-25)39-24(4)5)28-20-31(38-8-3)22-33-21-28/h9-12,17-22,24H,6-8,13-16,23H2,1-5H3. The van der Waals surface area contributed by atoms with E-state index in [0.717, 1.165) is 74.0 Å². The molecule has 7 heteroatoms. The Hall–Kier alpha value is -3.58. The van der Waals surface area contributed by atoms with Crippen molar-refractivity contribution in [1.82, 2.24) is 14.8 Å². The Morgan fingerprint density at radius 2 is 1.59 bits per heavy atom. The summed E-state index contributed by atoms with van der Waals surface area (Å²) in [4.78, 5) is 23.8. The van der Waals surface area contributed by atoms with Crippen molar-refractivity contribution >= 4 is 11.6 Å². The fourth-order valence-electron chi connectivity index (χ4n) is 5.01. The zero-order chi connectivity index (χ0) is 27.8. The number of piperazine rings is 1. The number of anilines is 1. The molecule has 0 aliphatic carbocycles. The van der Waals surface area contributed by atoms with Gasteiger partial charge in [-0.1, -0.05) is 0 Å². The van der Waals surface area contributed by atoms with Gasteiger partial charge in [0.1, 0.15) is 11.5 Å². The van der Waals surface area contributed by atoms with Gasteiger partial charge in [-0.05, 0) is 94.3 Å². The summed E-state index contributed by atoms with van der Waals surface area (Å²) in [5.41, 5.74) is 5.24. The van der Waals surface area contributed by atoms with E-state index in [-0.39, 0.29) is 12.0 Å². The Morgan fingerprint density at radius 1 is 0.897 bits per heavy atom. The molecule has 4 rings (SSSR count). The molecule has 1 amide bonds. The van der Waals surface area contributed by atoms with Gasteiger partial charge in [-0.3, -0.25) is 14.7 Å². The van der Waals surface area contributed by atoms with Gasteiger partial charge in [0.2, 0.25) is 0 Å². The topological polar surface area (TPSA) is 58.1 Å². The second kappa shape index (κ2) is 13.5. The molecule has 0 atom stereocenters. The van der Waals surface area contributed by atoms with Crippen LogP contribution in [0.15, 0.2) is 60.9 Å². The van der Waals surface area contributed by atoms with E-state index in [2.05, 4.69) is 59.0 Å².